The molecule has 13 heteroatoms. The Morgan fingerprint density at radius 3 is 2.02 bits per heavy atom. The number of ether oxygens (including phenoxy) is 1. The van der Waals surface area contributed by atoms with E-state index < -0.39 is 44.6 Å². The Hall–Kier alpha value is -3.35. The molecule has 0 atom stereocenters. The van der Waals surface area contributed by atoms with Crippen LogP contribution in [0.1, 0.15) is 76.6 Å². The minimum Gasteiger partial charge on any atom is -0.465 e. The molecule has 3 N–H and O–H groups in total. The van der Waals surface area contributed by atoms with Crippen molar-refractivity contribution in [2.75, 3.05) is 18.4 Å². The zero-order chi connectivity index (χ0) is 29.6. The molecule has 1 aromatic rings. The van der Waals surface area contributed by atoms with Crippen molar-refractivity contribution in [2.24, 2.45) is 4.99 Å². The molecule has 1 aromatic carbocycles. The van der Waals surface area contributed by atoms with Crippen LogP contribution in [0.5, 0.6) is 0 Å². The maximum Gasteiger partial charge on any atom is 0.437 e. The van der Waals surface area contributed by atoms with Gasteiger partial charge in [0, 0.05) is 24.3 Å². The number of hydrogen-bond acceptors (Lipinski definition) is 6. The minimum absolute atomic E-state index is 0.166. The van der Waals surface area contributed by atoms with Gasteiger partial charge in [-0.3, -0.25) is 0 Å². The van der Waals surface area contributed by atoms with Crippen LogP contribution in [0.3, 0.4) is 0 Å². The second-order valence-corrected chi connectivity index (χ2v) is 14.5. The first kappa shape index (κ1) is 29.6. The monoisotopic (exact) mass is 577 g/mol. The molecule has 1 aliphatic heterocycles. The van der Waals surface area contributed by atoms with E-state index in [2.05, 4.69) is 21.1 Å². The molecule has 4 rings (SSSR count). The number of nitrogens with one attached hydrogen (secondary N) is 2. The van der Waals surface area contributed by atoms with Crippen molar-refractivity contribution in [3.63, 3.8) is 0 Å². The quantitative estimate of drug-likeness (QED) is 0.361. The number of nitrogens with zero attached hydrogens (tertiary/aromatic N) is 3. The van der Waals surface area contributed by atoms with Gasteiger partial charge in [0.25, 0.3) is 0 Å². The molecule has 220 valence electrons. The number of rotatable bonds is 3. The van der Waals surface area contributed by atoms with Gasteiger partial charge in [0.1, 0.15) is 10.9 Å². The first-order chi connectivity index (χ1) is 18.5. The van der Waals surface area contributed by atoms with E-state index in [4.69, 9.17) is 4.74 Å². The van der Waals surface area contributed by atoms with Crippen molar-refractivity contribution in [1.82, 2.24) is 14.5 Å². The van der Waals surface area contributed by atoms with E-state index >= 15 is 0 Å². The number of amides is 4. The Kier molecular flexibility index (Phi) is 7.83. The van der Waals surface area contributed by atoms with E-state index in [0.29, 0.717) is 0 Å². The number of aliphatic imine (C=N–C) groups is 1. The van der Waals surface area contributed by atoms with E-state index in [1.807, 2.05) is 0 Å². The van der Waals surface area contributed by atoms with Crippen LogP contribution in [-0.4, -0.2) is 77.0 Å². The number of hydrogen-bond donors (Lipinski definition) is 3. The van der Waals surface area contributed by atoms with Crippen LogP contribution in [0.2, 0.25) is 0 Å². The number of guanidine groups is 1. The second kappa shape index (κ2) is 10.6. The van der Waals surface area contributed by atoms with Crippen molar-refractivity contribution in [1.29, 1.82) is 0 Å². The van der Waals surface area contributed by atoms with Gasteiger partial charge in [-0.05, 0) is 102 Å². The SMILES string of the molecule is CC(C)(C)OC(=O)N=C(N1CC(S(=O)(=O)NC(=O)Nc2c3c(cc4c2CCC4)CCC3)C1)N(C(=O)O)C(C)(C)C. The highest BCUT2D eigenvalue weighted by Crippen LogP contribution is 2.38. The van der Waals surface area contributed by atoms with Crippen molar-refractivity contribution in [3.05, 3.63) is 28.3 Å². The van der Waals surface area contributed by atoms with Crippen molar-refractivity contribution in [3.8, 4) is 0 Å². The van der Waals surface area contributed by atoms with Crippen LogP contribution in [0.4, 0.5) is 20.1 Å². The fourth-order valence-electron chi connectivity index (χ4n) is 5.42. The number of carbonyl (C=O) groups is 3. The Labute approximate surface area is 235 Å². The molecule has 0 spiro atoms. The summed E-state index contributed by atoms with van der Waals surface area (Å²) in [5.41, 5.74) is 3.48. The van der Waals surface area contributed by atoms with E-state index in [1.165, 1.54) is 16.0 Å². The van der Waals surface area contributed by atoms with Gasteiger partial charge in [0.15, 0.2) is 0 Å². The van der Waals surface area contributed by atoms with E-state index in [1.54, 1.807) is 41.5 Å². The van der Waals surface area contributed by atoms with Crippen molar-refractivity contribution < 1.29 is 32.6 Å². The predicted octanol–water partition coefficient (Wildman–Crippen LogP) is 3.87. The highest BCUT2D eigenvalue weighted by Gasteiger charge is 2.45. The van der Waals surface area contributed by atoms with E-state index in [9.17, 15) is 27.9 Å². The van der Waals surface area contributed by atoms with Crippen LogP contribution in [0.15, 0.2) is 11.1 Å². The number of urea groups is 1. The number of sulfonamides is 1. The second-order valence-electron chi connectivity index (χ2n) is 12.5. The summed E-state index contributed by atoms with van der Waals surface area (Å²) in [5.74, 6) is -0.236. The molecule has 1 fully saturated rings. The van der Waals surface area contributed by atoms with Gasteiger partial charge in [0.05, 0.1) is 0 Å². The molecule has 1 heterocycles. The average molecular weight is 578 g/mol. The zero-order valence-corrected chi connectivity index (χ0v) is 24.8. The third-order valence-electron chi connectivity index (χ3n) is 7.16. The number of anilines is 1. The number of fused-ring (bicyclic) bond motifs is 2. The lowest BCUT2D eigenvalue weighted by atomic mass is 9.99. The van der Waals surface area contributed by atoms with Gasteiger partial charge in [-0.1, -0.05) is 6.07 Å². The summed E-state index contributed by atoms with van der Waals surface area (Å²) in [6.07, 6.45) is 3.23. The Bertz CT molecular complexity index is 1320. The van der Waals surface area contributed by atoms with Crippen LogP contribution in [-0.2, 0) is 40.4 Å². The summed E-state index contributed by atoms with van der Waals surface area (Å²) < 4.78 is 33.6. The molecule has 40 heavy (non-hydrogen) atoms. The van der Waals surface area contributed by atoms with E-state index in [-0.39, 0.29) is 19.0 Å². The third kappa shape index (κ3) is 6.34. The molecule has 3 aliphatic rings. The standard InChI is InChI=1S/C27H39N5O7S/c1-26(2,3)32(25(35)36)23(29-24(34)39-27(4,5)6)31-14-18(15-31)40(37,38)30-22(33)28-21-19-11-7-9-16(19)13-17-10-8-12-20(17)21/h13,18H,7-12,14-15H2,1-6H3,(H,35,36)(H2,28,30,33). The zero-order valence-electron chi connectivity index (χ0n) is 24.0. The van der Waals surface area contributed by atoms with Gasteiger partial charge in [-0.15, -0.1) is 4.99 Å². The molecule has 12 nitrogen and oxygen atoms in total. The molecular weight excluding hydrogens is 538 g/mol. The highest BCUT2D eigenvalue weighted by molar-refractivity contribution is 7.90. The number of benzene rings is 1. The Morgan fingerprint density at radius 1 is 1.00 bits per heavy atom. The molecule has 1 saturated heterocycles. The smallest absolute Gasteiger partial charge is 0.437 e. The highest BCUT2D eigenvalue weighted by atomic mass is 32.2. The molecule has 0 aromatic heterocycles. The van der Waals surface area contributed by atoms with Crippen molar-refractivity contribution >= 4 is 39.9 Å². The maximum absolute atomic E-state index is 13.1. The van der Waals surface area contributed by atoms with Gasteiger partial charge >= 0.3 is 18.2 Å². The number of aryl methyl sites for hydroxylation is 2. The predicted molar refractivity (Wildman–Crippen MR) is 150 cm³/mol. The topological polar surface area (TPSA) is 158 Å². The first-order valence-corrected chi connectivity index (χ1v) is 15.1. The maximum atomic E-state index is 13.1. The lowest BCUT2D eigenvalue weighted by molar-refractivity contribution is 0.0593. The Morgan fingerprint density at radius 2 is 1.55 bits per heavy atom. The summed E-state index contributed by atoms with van der Waals surface area (Å²) in [4.78, 5) is 43.7. The average Bonchev–Trinajstić information content (AvgIpc) is 3.38. The fourth-order valence-corrected chi connectivity index (χ4v) is 6.65. The molecule has 2 aliphatic carbocycles. The Balaban J connectivity index is 1.48. The lowest BCUT2D eigenvalue weighted by Gasteiger charge is -2.45. The lowest BCUT2D eigenvalue weighted by Crippen LogP contribution is -2.65. The summed E-state index contributed by atoms with van der Waals surface area (Å²) in [5, 5.41) is 11.7. The molecule has 4 amide bonds. The minimum atomic E-state index is -4.12. The first-order valence-electron chi connectivity index (χ1n) is 13.5. The molecule has 0 radical (unpaired) electrons. The molecule has 0 bridgehead atoms. The summed E-state index contributed by atoms with van der Waals surface area (Å²) in [6, 6.07) is 1.40. The van der Waals surface area contributed by atoms with Crippen LogP contribution >= 0.6 is 0 Å². The molecule has 0 saturated carbocycles. The van der Waals surface area contributed by atoms with Crippen LogP contribution in [0.25, 0.3) is 0 Å². The van der Waals surface area contributed by atoms with Gasteiger partial charge in [-0.25, -0.2) is 32.4 Å². The van der Waals surface area contributed by atoms with Gasteiger partial charge in [0.2, 0.25) is 16.0 Å². The molecule has 0 unspecified atom stereocenters. The summed E-state index contributed by atoms with van der Waals surface area (Å²) in [7, 11) is -4.12. The largest absolute Gasteiger partial charge is 0.465 e. The van der Waals surface area contributed by atoms with Crippen molar-refractivity contribution in [2.45, 2.75) is 96.5 Å². The van der Waals surface area contributed by atoms with Gasteiger partial charge < -0.3 is 20.1 Å². The fraction of sp³-hybridized carbons (Fsp3) is 0.630. The van der Waals surface area contributed by atoms with Gasteiger partial charge in [-0.2, -0.15) is 0 Å². The normalized spacial score (nSPS) is 17.6. The van der Waals surface area contributed by atoms with E-state index in [0.717, 1.165) is 60.2 Å². The third-order valence-corrected chi connectivity index (χ3v) is 8.81. The number of likely N-dealkylation sites (tertiary alicyclic amines) is 1. The van der Waals surface area contributed by atoms with Crippen LogP contribution in [0, 0.1) is 0 Å². The number of carbonyl (C=O) groups excluding carboxylic acids is 2. The molecular formula is C27H39N5O7S. The van der Waals surface area contributed by atoms with Crippen LogP contribution < -0.4 is 10.0 Å². The summed E-state index contributed by atoms with van der Waals surface area (Å²) in [6.45, 7) is 9.51. The number of carboxylic acid groups (broad SMARTS) is 1. The summed E-state index contributed by atoms with van der Waals surface area (Å²) >= 11 is 0.